The van der Waals surface area contributed by atoms with E-state index in [2.05, 4.69) is 97.1 Å². The first-order valence-corrected chi connectivity index (χ1v) is 12.5. The fraction of sp³-hybridized carbons (Fsp3) is 0.111. The van der Waals surface area contributed by atoms with Gasteiger partial charge in [0.1, 0.15) is 35.1 Å². The van der Waals surface area contributed by atoms with E-state index in [4.69, 9.17) is 21.1 Å². The molecule has 32 heavy (non-hydrogen) atoms. The maximum absolute atomic E-state index is 6.31. The first-order chi connectivity index (χ1) is 15.2. The van der Waals surface area contributed by atoms with Crippen LogP contribution in [-0.4, -0.2) is 13.9 Å². The molecule has 0 aliphatic carbocycles. The summed E-state index contributed by atoms with van der Waals surface area (Å²) in [4.78, 5) is 0. The summed E-state index contributed by atoms with van der Waals surface area (Å²) in [5.74, 6) is 0.765. The molecule has 0 aromatic heterocycles. The maximum Gasteiger partial charge on any atom is 0.188 e. The number of ether oxygens (including phenoxy) is 2. The Bertz CT molecular complexity index is 1010. The first kappa shape index (κ1) is 24.3. The zero-order valence-electron chi connectivity index (χ0n) is 17.8. The third-order valence-electron chi connectivity index (χ3n) is 5.36. The van der Waals surface area contributed by atoms with Crippen LogP contribution < -0.4 is 33.1 Å². The lowest BCUT2D eigenvalue weighted by Crippen LogP contribution is -3.00. The van der Waals surface area contributed by atoms with Gasteiger partial charge in [0, 0.05) is 17.7 Å². The summed E-state index contributed by atoms with van der Waals surface area (Å²) < 4.78 is 11.1. The zero-order chi connectivity index (χ0) is 21.5. The lowest BCUT2D eigenvalue weighted by atomic mass is 10.2. The van der Waals surface area contributed by atoms with Crippen LogP contribution in [0.3, 0.4) is 0 Å². The van der Waals surface area contributed by atoms with Crippen molar-refractivity contribution < 1.29 is 21.9 Å². The van der Waals surface area contributed by atoms with Crippen molar-refractivity contribution in [3.63, 3.8) is 0 Å². The Balaban J connectivity index is 0.00000289. The monoisotopic (exact) mass is 482 g/mol. The lowest BCUT2D eigenvalue weighted by Gasteiger charge is -2.28. The van der Waals surface area contributed by atoms with Crippen LogP contribution in [0.2, 0.25) is 5.02 Å². The highest BCUT2D eigenvalue weighted by Crippen LogP contribution is 2.59. The predicted molar refractivity (Wildman–Crippen MR) is 133 cm³/mol. The highest BCUT2D eigenvalue weighted by atomic mass is 35.5. The van der Waals surface area contributed by atoms with Crippen LogP contribution in [0.1, 0.15) is 5.56 Å². The van der Waals surface area contributed by atoms with Crippen molar-refractivity contribution in [2.75, 3.05) is 13.9 Å². The van der Waals surface area contributed by atoms with Crippen LogP contribution in [-0.2, 0) is 10.9 Å². The van der Waals surface area contributed by atoms with E-state index in [1.807, 2.05) is 12.1 Å². The third kappa shape index (κ3) is 5.17. The number of hydrogen-bond acceptors (Lipinski definition) is 2. The Morgan fingerprint density at radius 1 is 0.688 bits per heavy atom. The Morgan fingerprint density at radius 2 is 1.16 bits per heavy atom. The van der Waals surface area contributed by atoms with Crippen LogP contribution in [0.15, 0.2) is 109 Å². The van der Waals surface area contributed by atoms with Crippen molar-refractivity contribution in [3.8, 4) is 5.75 Å². The molecule has 5 heteroatoms. The van der Waals surface area contributed by atoms with Gasteiger partial charge in [0.2, 0.25) is 0 Å². The van der Waals surface area contributed by atoms with Crippen molar-refractivity contribution in [3.05, 3.63) is 120 Å². The van der Waals surface area contributed by atoms with Gasteiger partial charge in [-0.3, -0.25) is 0 Å². The van der Waals surface area contributed by atoms with Crippen LogP contribution in [0.4, 0.5) is 0 Å². The molecule has 4 rings (SSSR count). The summed E-state index contributed by atoms with van der Waals surface area (Å²) in [6.45, 7) is 0.181. The molecule has 0 fully saturated rings. The van der Waals surface area contributed by atoms with E-state index in [0.29, 0.717) is 5.02 Å². The van der Waals surface area contributed by atoms with Gasteiger partial charge in [-0.2, -0.15) is 0 Å². The van der Waals surface area contributed by atoms with Crippen molar-refractivity contribution >= 4 is 34.8 Å². The molecule has 0 aliphatic heterocycles. The lowest BCUT2D eigenvalue weighted by molar-refractivity contribution is -0.00000924. The molecule has 0 aliphatic rings. The normalized spacial score (nSPS) is 10.9. The van der Waals surface area contributed by atoms with Gasteiger partial charge in [0.15, 0.2) is 6.79 Å². The highest BCUT2D eigenvalue weighted by Gasteiger charge is 2.45. The molecule has 0 bridgehead atoms. The zero-order valence-corrected chi connectivity index (χ0v) is 20.2. The average Bonchev–Trinajstić information content (AvgIpc) is 2.84. The summed E-state index contributed by atoms with van der Waals surface area (Å²) >= 11 is 6.31. The number of methoxy groups -OCH3 is 1. The van der Waals surface area contributed by atoms with E-state index in [9.17, 15) is 0 Å². The number of rotatable bonds is 8. The van der Waals surface area contributed by atoms with Gasteiger partial charge in [0.25, 0.3) is 0 Å². The molecule has 0 atom stereocenters. The summed E-state index contributed by atoms with van der Waals surface area (Å²) in [7, 11) is -0.389. The predicted octanol–water partition coefficient (Wildman–Crippen LogP) is 2.82. The molecule has 4 aromatic carbocycles. The van der Waals surface area contributed by atoms with E-state index < -0.39 is 7.26 Å². The standard InChI is InChI=1S/C27H25ClO2P.ClH/c1-29-21-30-27-19-23(28)18-17-22(27)20-31(24-11-5-2-6-12-24,25-13-7-3-8-14-25)26-15-9-4-10-16-26;/h2-19H,20-21H2,1H3;1H/q+1;/p-1. The minimum atomic E-state index is -2.01. The molecule has 0 heterocycles. The van der Waals surface area contributed by atoms with Crippen LogP contribution in [0.5, 0.6) is 5.75 Å². The van der Waals surface area contributed by atoms with Gasteiger partial charge in [-0.05, 0) is 48.5 Å². The minimum absolute atomic E-state index is 0. The second-order valence-corrected chi connectivity index (χ2v) is 11.2. The Hall–Kier alpha value is -2.35. The molecule has 0 radical (unpaired) electrons. The van der Waals surface area contributed by atoms with Gasteiger partial charge in [-0.1, -0.05) is 72.3 Å². The Kier molecular flexibility index (Phi) is 8.73. The summed E-state index contributed by atoms with van der Waals surface area (Å²) in [6, 6.07) is 38.4. The van der Waals surface area contributed by atoms with E-state index in [1.54, 1.807) is 7.11 Å². The van der Waals surface area contributed by atoms with Gasteiger partial charge in [-0.15, -0.1) is 0 Å². The molecule has 2 nitrogen and oxygen atoms in total. The molecular formula is C27H25Cl2O2P. The van der Waals surface area contributed by atoms with E-state index >= 15 is 0 Å². The average molecular weight is 483 g/mol. The summed E-state index contributed by atoms with van der Waals surface area (Å²) in [6.07, 6.45) is 0.821. The minimum Gasteiger partial charge on any atom is -1.00 e. The molecule has 4 aromatic rings. The second-order valence-electron chi connectivity index (χ2n) is 7.28. The van der Waals surface area contributed by atoms with Gasteiger partial charge >= 0.3 is 0 Å². The smallest absolute Gasteiger partial charge is 0.188 e. The van der Waals surface area contributed by atoms with E-state index in [1.165, 1.54) is 15.9 Å². The topological polar surface area (TPSA) is 18.5 Å². The summed E-state index contributed by atoms with van der Waals surface area (Å²) in [5, 5.41) is 4.65. The largest absolute Gasteiger partial charge is 1.00 e. The molecular weight excluding hydrogens is 458 g/mol. The Labute approximate surface area is 201 Å². The fourth-order valence-electron chi connectivity index (χ4n) is 3.94. The molecule has 0 saturated heterocycles. The number of hydrogen-bond donors (Lipinski definition) is 0. The number of benzene rings is 4. The first-order valence-electron chi connectivity index (χ1n) is 10.2. The quantitative estimate of drug-likeness (QED) is 0.284. The van der Waals surface area contributed by atoms with Crippen LogP contribution >= 0.6 is 18.9 Å². The summed E-state index contributed by atoms with van der Waals surface area (Å²) in [5.41, 5.74) is 1.12. The van der Waals surface area contributed by atoms with Crippen molar-refractivity contribution in [2.24, 2.45) is 0 Å². The highest BCUT2D eigenvalue weighted by molar-refractivity contribution is 7.95. The van der Waals surface area contributed by atoms with Crippen molar-refractivity contribution in [1.29, 1.82) is 0 Å². The molecule has 0 unspecified atom stereocenters. The third-order valence-corrected chi connectivity index (χ3v) is 9.95. The van der Waals surface area contributed by atoms with Gasteiger partial charge in [-0.25, -0.2) is 0 Å². The second kappa shape index (κ2) is 11.5. The number of halogens is 2. The molecule has 0 saturated carbocycles. The van der Waals surface area contributed by atoms with Gasteiger partial charge in [0.05, 0.1) is 0 Å². The van der Waals surface area contributed by atoms with E-state index in [0.717, 1.165) is 17.5 Å². The molecule has 0 spiro atoms. The van der Waals surface area contributed by atoms with E-state index in [-0.39, 0.29) is 19.2 Å². The SMILES string of the molecule is COCOc1cc(Cl)ccc1C[P+](c1ccccc1)(c1ccccc1)c1ccccc1.[Cl-]. The molecule has 0 amide bonds. The molecule has 0 N–H and O–H groups in total. The van der Waals surface area contributed by atoms with Crippen LogP contribution in [0.25, 0.3) is 0 Å². The van der Waals surface area contributed by atoms with Gasteiger partial charge < -0.3 is 21.9 Å². The van der Waals surface area contributed by atoms with Crippen molar-refractivity contribution in [1.82, 2.24) is 0 Å². The molecule has 164 valence electrons. The fourth-order valence-corrected chi connectivity index (χ4v) is 8.36. The maximum atomic E-state index is 6.31. The van der Waals surface area contributed by atoms with Crippen molar-refractivity contribution in [2.45, 2.75) is 6.16 Å². The van der Waals surface area contributed by atoms with Crippen LogP contribution in [0, 0.1) is 0 Å². The Morgan fingerprint density at radius 3 is 1.59 bits per heavy atom.